The number of unbranched alkanes of at least 4 members (excludes halogenated alkanes) is 2. The molecule has 56 heavy (non-hydrogen) atoms. The van der Waals surface area contributed by atoms with Crippen LogP contribution in [0.25, 0.3) is 0 Å². The van der Waals surface area contributed by atoms with Gasteiger partial charge < -0.3 is 34.0 Å². The summed E-state index contributed by atoms with van der Waals surface area (Å²) in [6.07, 6.45) is 8.19. The first-order chi connectivity index (χ1) is 27.4. The van der Waals surface area contributed by atoms with E-state index in [1.54, 1.807) is 23.1 Å². The van der Waals surface area contributed by atoms with Crippen molar-refractivity contribution in [3.8, 4) is 11.5 Å². The molecule has 1 amide bonds. The Labute approximate surface area is 335 Å². The first-order valence-corrected chi connectivity index (χ1v) is 20.7. The Balaban J connectivity index is 1.56. The Hall–Kier alpha value is -3.68. The van der Waals surface area contributed by atoms with Gasteiger partial charge >= 0.3 is 6.09 Å². The molecule has 2 aromatic rings. The third-order valence-electron chi connectivity index (χ3n) is 11.3. The van der Waals surface area contributed by atoms with E-state index >= 15 is 0 Å². The fraction of sp³-hybridized carbons (Fsp3) is 0.581. The number of carbonyl (C=O) groups excluding carboxylic acids is 1. The minimum absolute atomic E-state index is 0.0165. The molecule has 2 aromatic carbocycles. The van der Waals surface area contributed by atoms with Gasteiger partial charge in [0.25, 0.3) is 0 Å². The number of nitrogens with zero attached hydrogens (tertiary/aromatic N) is 3. The van der Waals surface area contributed by atoms with Crippen LogP contribution in [0.2, 0.25) is 0 Å². The van der Waals surface area contributed by atoms with Crippen LogP contribution in [0.15, 0.2) is 71.9 Å². The predicted molar refractivity (Wildman–Crippen MR) is 213 cm³/mol. The molecule has 2 fully saturated rings. The molecule has 1 saturated carbocycles. The lowest BCUT2D eigenvalue weighted by Gasteiger charge is -2.59. The Morgan fingerprint density at radius 1 is 1.11 bits per heavy atom. The summed E-state index contributed by atoms with van der Waals surface area (Å²) >= 11 is 6.03. The van der Waals surface area contributed by atoms with Crippen molar-refractivity contribution in [1.29, 1.82) is 0 Å². The summed E-state index contributed by atoms with van der Waals surface area (Å²) in [6.45, 7) is 10.2. The minimum Gasteiger partial charge on any atom is -0.492 e. The van der Waals surface area contributed by atoms with Crippen molar-refractivity contribution >= 4 is 23.4 Å². The zero-order valence-corrected chi connectivity index (χ0v) is 33.2. The SMILES string of the molecule is C=CCOC12Oc3ccc(OCCN4CC4)cc3C3C(CCCCO)C(CCCCO)C=C(C(=NOCC)CC1N(Cc1ccc(F)cc1)C(=O)OCCCl)C32. The van der Waals surface area contributed by atoms with Crippen LogP contribution in [-0.2, 0) is 20.9 Å². The Kier molecular flexibility index (Phi) is 15.1. The van der Waals surface area contributed by atoms with Gasteiger partial charge in [0.05, 0.1) is 24.1 Å². The van der Waals surface area contributed by atoms with Gasteiger partial charge in [0.2, 0.25) is 5.79 Å². The molecule has 0 radical (unpaired) electrons. The van der Waals surface area contributed by atoms with Crippen LogP contribution < -0.4 is 9.47 Å². The van der Waals surface area contributed by atoms with Crippen LogP contribution in [0, 0.1) is 23.6 Å². The number of oxime groups is 1. The monoisotopic (exact) mass is 797 g/mol. The first kappa shape index (κ1) is 41.9. The molecule has 0 bridgehead atoms. The highest BCUT2D eigenvalue weighted by Gasteiger charge is 2.65. The van der Waals surface area contributed by atoms with Gasteiger partial charge in [-0.15, -0.1) is 18.2 Å². The van der Waals surface area contributed by atoms with E-state index in [1.807, 2.05) is 19.1 Å². The van der Waals surface area contributed by atoms with Crippen LogP contribution >= 0.6 is 11.6 Å². The molecule has 6 atom stereocenters. The Morgan fingerprint density at radius 2 is 1.88 bits per heavy atom. The van der Waals surface area contributed by atoms with E-state index < -0.39 is 23.8 Å². The topological polar surface area (TPSA) is 122 Å². The van der Waals surface area contributed by atoms with E-state index in [0.29, 0.717) is 43.1 Å². The lowest BCUT2D eigenvalue weighted by atomic mass is 9.55. The highest BCUT2D eigenvalue weighted by Crippen LogP contribution is 2.62. The fourth-order valence-electron chi connectivity index (χ4n) is 8.76. The highest BCUT2D eigenvalue weighted by atomic mass is 35.5. The van der Waals surface area contributed by atoms with Gasteiger partial charge in [-0.1, -0.05) is 42.3 Å². The molecule has 13 heteroatoms. The van der Waals surface area contributed by atoms with Crippen molar-refractivity contribution in [3.63, 3.8) is 0 Å². The Morgan fingerprint density at radius 3 is 2.57 bits per heavy atom. The van der Waals surface area contributed by atoms with Gasteiger partial charge in [0.1, 0.15) is 43.2 Å². The molecule has 306 valence electrons. The highest BCUT2D eigenvalue weighted by molar-refractivity contribution is 6.18. The number of benzene rings is 2. The molecular formula is C43H57ClFN3O8. The second kappa shape index (κ2) is 20.1. The zero-order chi connectivity index (χ0) is 39.5. The molecule has 11 nitrogen and oxygen atoms in total. The number of amides is 1. The largest absolute Gasteiger partial charge is 0.492 e. The average molecular weight is 798 g/mol. The van der Waals surface area contributed by atoms with Crippen LogP contribution in [0.1, 0.15) is 68.9 Å². The van der Waals surface area contributed by atoms with Crippen LogP contribution in [0.4, 0.5) is 9.18 Å². The number of alkyl halides is 1. The summed E-state index contributed by atoms with van der Waals surface area (Å²) in [4.78, 5) is 24.0. The lowest BCUT2D eigenvalue weighted by Crippen LogP contribution is -2.70. The summed E-state index contributed by atoms with van der Waals surface area (Å²) in [7, 11) is 0. The number of aliphatic hydroxyl groups is 2. The van der Waals surface area contributed by atoms with Gasteiger partial charge in [-0.3, -0.25) is 9.80 Å². The number of fused-ring (bicyclic) bond motifs is 2. The molecule has 1 saturated heterocycles. The van der Waals surface area contributed by atoms with Crippen molar-refractivity contribution in [2.45, 2.75) is 76.2 Å². The summed E-state index contributed by atoms with van der Waals surface area (Å²) in [5.41, 5.74) is 3.28. The smallest absolute Gasteiger partial charge is 0.410 e. The molecule has 2 aliphatic carbocycles. The number of carbonyl (C=O) groups is 1. The van der Waals surface area contributed by atoms with Crippen molar-refractivity contribution < 1.29 is 43.2 Å². The van der Waals surface area contributed by atoms with Crippen LogP contribution in [0.5, 0.6) is 11.5 Å². The summed E-state index contributed by atoms with van der Waals surface area (Å²) in [6, 6.07) is 11.2. The maximum absolute atomic E-state index is 14.3. The standard InChI is InChI=1S/C43H57ClFN3O8/c1-3-23-54-43-39(48(42(51)53-24-17-44)29-30-11-13-32(45)14-12-30)28-37(46-55-4-2)35-26-31(9-5-7-21-49)34(10-6-8-22-50)40(41(35)43)36-27-33(15-16-38(36)56-43)52-25-20-47-18-19-47/h3,11-16,26-27,31,34,39-41,49-50H,1,4-10,17-25,28-29H2,2H3. The number of hydrogen-bond donors (Lipinski definition) is 2. The van der Waals surface area contributed by atoms with Crippen molar-refractivity contribution in [2.24, 2.45) is 22.9 Å². The van der Waals surface area contributed by atoms with Crippen molar-refractivity contribution in [2.75, 3.05) is 65.2 Å². The number of aliphatic hydroxyl groups excluding tert-OH is 2. The maximum atomic E-state index is 14.3. The van der Waals surface area contributed by atoms with Gasteiger partial charge in [-0.2, -0.15) is 0 Å². The van der Waals surface area contributed by atoms with E-state index in [9.17, 15) is 19.4 Å². The third kappa shape index (κ3) is 9.70. The minimum atomic E-state index is -1.46. The van der Waals surface area contributed by atoms with E-state index in [1.165, 1.54) is 12.1 Å². The number of allylic oxidation sites excluding steroid dienone is 1. The predicted octanol–water partition coefficient (Wildman–Crippen LogP) is 7.05. The van der Waals surface area contributed by atoms with Gasteiger partial charge in [0, 0.05) is 57.3 Å². The molecule has 2 N–H and O–H groups in total. The molecule has 2 heterocycles. The summed E-state index contributed by atoms with van der Waals surface area (Å²) in [5, 5.41) is 24.4. The number of ether oxygens (including phenoxy) is 4. The van der Waals surface area contributed by atoms with Crippen LogP contribution in [-0.4, -0.2) is 109 Å². The molecule has 2 aliphatic heterocycles. The fourth-order valence-corrected chi connectivity index (χ4v) is 8.84. The average Bonchev–Trinajstić information content (AvgIpc) is 4.04. The molecular weight excluding hydrogens is 741 g/mol. The van der Waals surface area contributed by atoms with Crippen molar-refractivity contribution in [3.05, 3.63) is 83.7 Å². The van der Waals surface area contributed by atoms with Crippen LogP contribution in [0.3, 0.4) is 0 Å². The second-order valence-electron chi connectivity index (χ2n) is 14.9. The van der Waals surface area contributed by atoms with Gasteiger partial charge in [0.15, 0.2) is 0 Å². The molecule has 6 rings (SSSR count). The quantitative estimate of drug-likeness (QED) is 0.0425. The third-order valence-corrected chi connectivity index (χ3v) is 11.5. The number of halogens is 2. The number of rotatable bonds is 22. The lowest BCUT2D eigenvalue weighted by molar-refractivity contribution is -0.256. The van der Waals surface area contributed by atoms with E-state index in [-0.39, 0.29) is 68.8 Å². The summed E-state index contributed by atoms with van der Waals surface area (Å²) in [5.74, 6) is -0.889. The first-order valence-electron chi connectivity index (χ1n) is 20.2. The maximum Gasteiger partial charge on any atom is 0.410 e. The Bertz CT molecular complexity index is 1670. The molecule has 4 aliphatic rings. The van der Waals surface area contributed by atoms with E-state index in [2.05, 4.69) is 23.6 Å². The molecule has 0 aromatic heterocycles. The second-order valence-corrected chi connectivity index (χ2v) is 15.3. The number of hydrogen-bond acceptors (Lipinski definition) is 10. The van der Waals surface area contributed by atoms with Gasteiger partial charge in [-0.25, -0.2) is 9.18 Å². The van der Waals surface area contributed by atoms with E-state index in [0.717, 1.165) is 62.2 Å². The van der Waals surface area contributed by atoms with Crippen molar-refractivity contribution in [1.82, 2.24) is 9.80 Å². The normalized spacial score (nSPS) is 25.7. The summed E-state index contributed by atoms with van der Waals surface area (Å²) < 4.78 is 40.5. The zero-order valence-electron chi connectivity index (χ0n) is 32.5. The molecule has 0 spiro atoms. The van der Waals surface area contributed by atoms with E-state index in [4.69, 9.17) is 40.5 Å². The molecule has 6 unspecified atom stereocenters. The van der Waals surface area contributed by atoms with Gasteiger partial charge in [-0.05, 0) is 85.9 Å².